The van der Waals surface area contributed by atoms with Crippen molar-refractivity contribution in [3.05, 3.63) is 89.5 Å². The van der Waals surface area contributed by atoms with Gasteiger partial charge in [0.05, 0.1) is 11.3 Å². The molecule has 2 amide bonds. The first kappa shape index (κ1) is 23.0. The van der Waals surface area contributed by atoms with E-state index in [0.29, 0.717) is 0 Å². The summed E-state index contributed by atoms with van der Waals surface area (Å²) in [5.41, 5.74) is 4.86. The molecule has 3 aromatic rings. The number of rotatable bonds is 7. The van der Waals surface area contributed by atoms with E-state index in [-0.39, 0.29) is 29.7 Å². The number of anilines is 1. The van der Waals surface area contributed by atoms with Crippen LogP contribution in [-0.4, -0.2) is 35.7 Å². The van der Waals surface area contributed by atoms with Crippen LogP contribution in [0.2, 0.25) is 0 Å². The van der Waals surface area contributed by atoms with E-state index in [1.165, 1.54) is 6.07 Å². The Bertz CT molecular complexity index is 1190. The minimum Gasteiger partial charge on any atom is -0.480 e. The second-order valence-electron chi connectivity index (χ2n) is 8.53. The van der Waals surface area contributed by atoms with Crippen LogP contribution in [0.25, 0.3) is 11.1 Å². The third-order valence-corrected chi connectivity index (χ3v) is 5.97. The van der Waals surface area contributed by atoms with Crippen molar-refractivity contribution in [2.45, 2.75) is 25.8 Å². The van der Waals surface area contributed by atoms with E-state index in [0.717, 1.165) is 22.3 Å². The average molecular weight is 459 g/mol. The number of carboxylic acids is 1. The van der Waals surface area contributed by atoms with Crippen molar-refractivity contribution in [3.63, 3.8) is 0 Å². The zero-order chi connectivity index (χ0) is 24.2. The summed E-state index contributed by atoms with van der Waals surface area (Å²) in [5, 5.41) is 14.5. The van der Waals surface area contributed by atoms with Gasteiger partial charge in [-0.2, -0.15) is 0 Å². The molecule has 0 aromatic heterocycles. The van der Waals surface area contributed by atoms with Gasteiger partial charge in [0, 0.05) is 5.92 Å². The fourth-order valence-electron chi connectivity index (χ4n) is 4.27. The van der Waals surface area contributed by atoms with Gasteiger partial charge in [0.25, 0.3) is 5.91 Å². The molecule has 0 bridgehead atoms. The summed E-state index contributed by atoms with van der Waals surface area (Å²) >= 11 is 0. The summed E-state index contributed by atoms with van der Waals surface area (Å²) < 4.78 is 5.56. The van der Waals surface area contributed by atoms with E-state index < -0.39 is 24.0 Å². The molecule has 0 spiro atoms. The fraction of sp³-hybridized carbons (Fsp3) is 0.222. The predicted octanol–water partition coefficient (Wildman–Crippen LogP) is 4.89. The first-order valence-corrected chi connectivity index (χ1v) is 11.1. The second-order valence-corrected chi connectivity index (χ2v) is 8.53. The predicted molar refractivity (Wildman–Crippen MR) is 129 cm³/mol. The number of benzene rings is 3. The molecule has 0 unspecified atom stereocenters. The van der Waals surface area contributed by atoms with Gasteiger partial charge < -0.3 is 15.2 Å². The van der Waals surface area contributed by atoms with Crippen LogP contribution in [0, 0.1) is 5.92 Å². The van der Waals surface area contributed by atoms with Crippen LogP contribution in [-0.2, 0) is 9.53 Å². The summed E-state index contributed by atoms with van der Waals surface area (Å²) in [6, 6.07) is 21.5. The summed E-state index contributed by atoms with van der Waals surface area (Å²) in [7, 11) is 0. The third kappa shape index (κ3) is 4.64. The molecule has 0 saturated carbocycles. The third-order valence-electron chi connectivity index (χ3n) is 5.97. The summed E-state index contributed by atoms with van der Waals surface area (Å²) in [6.07, 6.45) is -0.694. The topological polar surface area (TPSA) is 105 Å². The fourth-order valence-corrected chi connectivity index (χ4v) is 4.27. The van der Waals surface area contributed by atoms with Crippen molar-refractivity contribution < 1.29 is 24.2 Å². The van der Waals surface area contributed by atoms with Gasteiger partial charge in [0.15, 0.2) is 0 Å². The molecule has 0 radical (unpaired) electrons. The Morgan fingerprint density at radius 2 is 1.44 bits per heavy atom. The molecule has 1 atom stereocenters. The lowest BCUT2D eigenvalue weighted by Crippen LogP contribution is -2.44. The summed E-state index contributed by atoms with van der Waals surface area (Å²) in [4.78, 5) is 36.8. The molecule has 3 aromatic carbocycles. The lowest BCUT2D eigenvalue weighted by atomic mass is 9.98. The van der Waals surface area contributed by atoms with Crippen molar-refractivity contribution in [2.75, 3.05) is 11.9 Å². The molecular weight excluding hydrogens is 432 g/mol. The Morgan fingerprint density at radius 1 is 0.882 bits per heavy atom. The molecule has 7 nitrogen and oxygen atoms in total. The maximum Gasteiger partial charge on any atom is 0.411 e. The number of fused-ring (bicyclic) bond motifs is 3. The van der Waals surface area contributed by atoms with E-state index in [2.05, 4.69) is 22.8 Å². The van der Waals surface area contributed by atoms with Gasteiger partial charge >= 0.3 is 12.1 Å². The molecule has 4 rings (SSSR count). The molecule has 7 heteroatoms. The lowest BCUT2D eigenvalue weighted by Gasteiger charge is -2.19. The minimum absolute atomic E-state index is 0.0842. The standard InChI is InChI=1S/C27H26N2O5/c1-16(2)24(26(31)32)29-25(30)21-13-7-8-14-23(21)28-27(33)34-15-22-19-11-5-3-9-17(19)18-10-4-6-12-20(18)22/h3-14,16,22,24H,15H2,1-2H3,(H,28,33)(H,29,30)(H,31,32)/t24-/m0/s1. The van der Waals surface area contributed by atoms with Crippen LogP contribution < -0.4 is 10.6 Å². The van der Waals surface area contributed by atoms with Crippen molar-refractivity contribution in [1.29, 1.82) is 0 Å². The molecule has 34 heavy (non-hydrogen) atoms. The Hall–Kier alpha value is -4.13. The Kier molecular flexibility index (Phi) is 6.63. The van der Waals surface area contributed by atoms with E-state index in [9.17, 15) is 19.5 Å². The van der Waals surface area contributed by atoms with E-state index in [1.807, 2.05) is 36.4 Å². The van der Waals surface area contributed by atoms with Gasteiger partial charge in [0.1, 0.15) is 12.6 Å². The Morgan fingerprint density at radius 3 is 2.03 bits per heavy atom. The van der Waals surface area contributed by atoms with Crippen LogP contribution in [0.1, 0.15) is 41.3 Å². The zero-order valence-electron chi connectivity index (χ0n) is 18.9. The second kappa shape index (κ2) is 9.79. The first-order valence-electron chi connectivity index (χ1n) is 11.1. The van der Waals surface area contributed by atoms with Crippen molar-refractivity contribution in [1.82, 2.24) is 5.32 Å². The lowest BCUT2D eigenvalue weighted by molar-refractivity contribution is -0.140. The quantitative estimate of drug-likeness (QED) is 0.468. The molecule has 1 aliphatic carbocycles. The summed E-state index contributed by atoms with van der Waals surface area (Å²) in [5.74, 6) is -2.09. The highest BCUT2D eigenvalue weighted by Gasteiger charge is 2.29. The molecule has 0 fully saturated rings. The number of amides is 2. The van der Waals surface area contributed by atoms with Gasteiger partial charge in [0.2, 0.25) is 0 Å². The number of hydrogen-bond acceptors (Lipinski definition) is 4. The highest BCUT2D eigenvalue weighted by atomic mass is 16.5. The van der Waals surface area contributed by atoms with E-state index >= 15 is 0 Å². The van der Waals surface area contributed by atoms with Crippen LogP contribution in [0.4, 0.5) is 10.5 Å². The number of nitrogens with one attached hydrogen (secondary N) is 2. The van der Waals surface area contributed by atoms with Gasteiger partial charge in [-0.05, 0) is 40.3 Å². The smallest absolute Gasteiger partial charge is 0.411 e. The number of aliphatic carboxylic acids is 1. The highest BCUT2D eigenvalue weighted by Crippen LogP contribution is 2.44. The monoisotopic (exact) mass is 458 g/mol. The largest absolute Gasteiger partial charge is 0.480 e. The number of para-hydroxylation sites is 1. The summed E-state index contributed by atoms with van der Waals surface area (Å²) in [6.45, 7) is 3.56. The maximum absolute atomic E-state index is 12.7. The van der Waals surface area contributed by atoms with Crippen molar-refractivity contribution >= 4 is 23.7 Å². The van der Waals surface area contributed by atoms with E-state index in [4.69, 9.17) is 4.74 Å². The first-order chi connectivity index (χ1) is 16.4. The van der Waals surface area contributed by atoms with Crippen LogP contribution in [0.3, 0.4) is 0 Å². The Labute approximate surface area is 197 Å². The van der Waals surface area contributed by atoms with Gasteiger partial charge in [-0.25, -0.2) is 9.59 Å². The molecular formula is C27H26N2O5. The van der Waals surface area contributed by atoms with E-state index in [1.54, 1.807) is 32.0 Å². The number of carbonyl (C=O) groups excluding carboxylic acids is 2. The molecule has 174 valence electrons. The number of ether oxygens (including phenoxy) is 1. The average Bonchev–Trinajstić information content (AvgIpc) is 3.14. The molecule has 1 aliphatic rings. The van der Waals surface area contributed by atoms with Crippen LogP contribution in [0.5, 0.6) is 0 Å². The molecule has 0 saturated heterocycles. The molecule has 0 heterocycles. The minimum atomic E-state index is -1.12. The van der Waals surface area contributed by atoms with Crippen molar-refractivity contribution in [3.8, 4) is 11.1 Å². The highest BCUT2D eigenvalue weighted by molar-refractivity contribution is 6.03. The zero-order valence-corrected chi connectivity index (χ0v) is 18.9. The SMILES string of the molecule is CC(C)[C@H](NC(=O)c1ccccc1NC(=O)OCC1c2ccccc2-c2ccccc21)C(=O)O. The number of carbonyl (C=O) groups is 3. The maximum atomic E-state index is 12.7. The normalized spacial score (nSPS) is 13.0. The van der Waals surface area contributed by atoms with Gasteiger partial charge in [-0.3, -0.25) is 10.1 Å². The number of hydrogen-bond donors (Lipinski definition) is 3. The number of carboxylic acid groups (broad SMARTS) is 1. The van der Waals surface area contributed by atoms with Gasteiger partial charge in [-0.1, -0.05) is 74.5 Å². The van der Waals surface area contributed by atoms with Crippen LogP contribution >= 0.6 is 0 Å². The molecule has 0 aliphatic heterocycles. The van der Waals surface area contributed by atoms with Crippen LogP contribution in [0.15, 0.2) is 72.8 Å². The van der Waals surface area contributed by atoms with Crippen molar-refractivity contribution in [2.24, 2.45) is 5.92 Å². The Balaban J connectivity index is 1.46. The molecule has 3 N–H and O–H groups in total. The van der Waals surface area contributed by atoms with Gasteiger partial charge in [-0.15, -0.1) is 0 Å².